The molecule has 1 rings (SSSR count). The molecule has 0 aliphatic carbocycles. The summed E-state index contributed by atoms with van der Waals surface area (Å²) in [5.74, 6) is -0.258. The van der Waals surface area contributed by atoms with Gasteiger partial charge in [-0.25, -0.2) is 4.79 Å². The molecular formula is C14H20N2O4. The average molecular weight is 280 g/mol. The molecule has 1 amide bonds. The quantitative estimate of drug-likeness (QED) is 0.603. The first-order chi connectivity index (χ1) is 9.45. The van der Waals surface area contributed by atoms with Crippen molar-refractivity contribution in [1.82, 2.24) is 5.32 Å². The van der Waals surface area contributed by atoms with Gasteiger partial charge in [-0.2, -0.15) is 0 Å². The first-order valence-electron chi connectivity index (χ1n) is 6.32. The molecule has 0 aromatic heterocycles. The van der Waals surface area contributed by atoms with Gasteiger partial charge in [0.05, 0.1) is 7.11 Å². The van der Waals surface area contributed by atoms with Gasteiger partial charge in [-0.3, -0.25) is 4.79 Å². The number of nitrogens with two attached hydrogens (primary N) is 1. The zero-order valence-corrected chi connectivity index (χ0v) is 11.9. The predicted octanol–water partition coefficient (Wildman–Crippen LogP) is 1.21. The largest absolute Gasteiger partial charge is 0.483 e. The number of nitrogens with one attached hydrogen (secondary N) is 1. The molecule has 0 aliphatic heterocycles. The topological polar surface area (TPSA) is 90.7 Å². The molecule has 3 N–H and O–H groups in total. The SMILES string of the molecule is COC(=O)c1c(N)cccc1OCC(=O)NCC(C)C. The van der Waals surface area contributed by atoms with Gasteiger partial charge in [0, 0.05) is 12.2 Å². The Morgan fingerprint density at radius 1 is 1.35 bits per heavy atom. The molecule has 1 aromatic carbocycles. The molecule has 0 bridgehead atoms. The van der Waals surface area contributed by atoms with Gasteiger partial charge < -0.3 is 20.5 Å². The Labute approximate surface area is 118 Å². The molecule has 0 aliphatic rings. The summed E-state index contributed by atoms with van der Waals surface area (Å²) in [7, 11) is 1.26. The number of amides is 1. The van der Waals surface area contributed by atoms with E-state index in [1.165, 1.54) is 7.11 Å². The molecule has 6 nitrogen and oxygen atoms in total. The number of hydrogen-bond acceptors (Lipinski definition) is 5. The third-order valence-corrected chi connectivity index (χ3v) is 2.51. The average Bonchev–Trinajstić information content (AvgIpc) is 2.42. The molecular weight excluding hydrogens is 260 g/mol. The normalized spacial score (nSPS) is 10.2. The van der Waals surface area contributed by atoms with Crippen molar-refractivity contribution in [3.63, 3.8) is 0 Å². The van der Waals surface area contributed by atoms with Gasteiger partial charge in [-0.1, -0.05) is 19.9 Å². The van der Waals surface area contributed by atoms with E-state index in [0.717, 1.165) is 0 Å². The van der Waals surface area contributed by atoms with E-state index in [0.29, 0.717) is 12.5 Å². The van der Waals surface area contributed by atoms with Crippen molar-refractivity contribution in [3.8, 4) is 5.75 Å². The van der Waals surface area contributed by atoms with Crippen LogP contribution in [-0.2, 0) is 9.53 Å². The highest BCUT2D eigenvalue weighted by Crippen LogP contribution is 2.25. The van der Waals surface area contributed by atoms with Crippen LogP contribution in [0, 0.1) is 5.92 Å². The van der Waals surface area contributed by atoms with E-state index >= 15 is 0 Å². The van der Waals surface area contributed by atoms with Crippen LogP contribution < -0.4 is 15.8 Å². The van der Waals surface area contributed by atoms with Gasteiger partial charge in [0.15, 0.2) is 6.61 Å². The Bertz CT molecular complexity index is 486. The van der Waals surface area contributed by atoms with E-state index in [4.69, 9.17) is 10.5 Å². The van der Waals surface area contributed by atoms with Crippen LogP contribution in [0.5, 0.6) is 5.75 Å². The molecule has 0 spiro atoms. The highest BCUT2D eigenvalue weighted by Gasteiger charge is 2.17. The van der Waals surface area contributed by atoms with Crippen LogP contribution in [-0.4, -0.2) is 32.1 Å². The minimum atomic E-state index is -0.597. The lowest BCUT2D eigenvalue weighted by Crippen LogP contribution is -2.32. The summed E-state index contributed by atoms with van der Waals surface area (Å²) < 4.78 is 9.99. The van der Waals surface area contributed by atoms with E-state index in [9.17, 15) is 9.59 Å². The van der Waals surface area contributed by atoms with Crippen molar-refractivity contribution in [2.45, 2.75) is 13.8 Å². The molecule has 0 heterocycles. The zero-order valence-electron chi connectivity index (χ0n) is 11.9. The number of ether oxygens (including phenoxy) is 2. The number of carbonyl (C=O) groups excluding carboxylic acids is 2. The number of esters is 1. The molecule has 20 heavy (non-hydrogen) atoms. The second kappa shape index (κ2) is 7.37. The van der Waals surface area contributed by atoms with Crippen LogP contribution in [0.2, 0.25) is 0 Å². The summed E-state index contributed by atoms with van der Waals surface area (Å²) in [6.45, 7) is 4.38. The first kappa shape index (κ1) is 15.8. The number of rotatable bonds is 6. The maximum atomic E-state index is 11.6. The summed E-state index contributed by atoms with van der Waals surface area (Å²) in [5, 5.41) is 2.72. The van der Waals surface area contributed by atoms with Crippen LogP contribution in [0.4, 0.5) is 5.69 Å². The van der Waals surface area contributed by atoms with Gasteiger partial charge in [0.2, 0.25) is 0 Å². The third-order valence-electron chi connectivity index (χ3n) is 2.51. The van der Waals surface area contributed by atoms with Gasteiger partial charge in [-0.15, -0.1) is 0 Å². The predicted molar refractivity (Wildman–Crippen MR) is 75.5 cm³/mol. The zero-order chi connectivity index (χ0) is 15.1. The molecule has 0 radical (unpaired) electrons. The van der Waals surface area contributed by atoms with Crippen LogP contribution in [0.25, 0.3) is 0 Å². The monoisotopic (exact) mass is 280 g/mol. The van der Waals surface area contributed by atoms with Gasteiger partial charge in [-0.05, 0) is 18.1 Å². The molecule has 0 saturated heterocycles. The van der Waals surface area contributed by atoms with Crippen LogP contribution in [0.3, 0.4) is 0 Å². The molecule has 6 heteroatoms. The number of anilines is 1. The van der Waals surface area contributed by atoms with Crippen molar-refractivity contribution >= 4 is 17.6 Å². The third kappa shape index (κ3) is 4.46. The fourth-order valence-electron chi connectivity index (χ4n) is 1.50. The van der Waals surface area contributed by atoms with Crippen molar-refractivity contribution in [3.05, 3.63) is 23.8 Å². The minimum Gasteiger partial charge on any atom is -0.483 e. The minimum absolute atomic E-state index is 0.131. The Hall–Kier alpha value is -2.24. The lowest BCUT2D eigenvalue weighted by molar-refractivity contribution is -0.123. The maximum Gasteiger partial charge on any atom is 0.343 e. The molecule has 110 valence electrons. The summed E-state index contributed by atoms with van der Waals surface area (Å²) in [5.41, 5.74) is 6.10. The highest BCUT2D eigenvalue weighted by molar-refractivity contribution is 5.98. The number of nitrogen functional groups attached to an aromatic ring is 1. The summed E-state index contributed by atoms with van der Waals surface area (Å²) in [4.78, 5) is 23.2. The summed E-state index contributed by atoms with van der Waals surface area (Å²) in [6, 6.07) is 4.78. The number of hydrogen-bond donors (Lipinski definition) is 2. The molecule has 1 aromatic rings. The van der Waals surface area contributed by atoms with Crippen LogP contribution in [0.15, 0.2) is 18.2 Å². The molecule has 0 saturated carbocycles. The fraction of sp³-hybridized carbons (Fsp3) is 0.429. The summed E-state index contributed by atoms with van der Waals surface area (Å²) in [6.07, 6.45) is 0. The Balaban J connectivity index is 2.71. The van der Waals surface area contributed by atoms with E-state index < -0.39 is 5.97 Å². The van der Waals surface area contributed by atoms with E-state index in [1.807, 2.05) is 13.8 Å². The van der Waals surface area contributed by atoms with E-state index in [-0.39, 0.29) is 29.5 Å². The first-order valence-corrected chi connectivity index (χ1v) is 6.32. The Morgan fingerprint density at radius 3 is 2.65 bits per heavy atom. The maximum absolute atomic E-state index is 11.6. The lowest BCUT2D eigenvalue weighted by Gasteiger charge is -2.12. The van der Waals surface area contributed by atoms with Crippen molar-refractivity contribution in [1.29, 1.82) is 0 Å². The van der Waals surface area contributed by atoms with Gasteiger partial charge in [0.25, 0.3) is 5.91 Å². The van der Waals surface area contributed by atoms with Crippen molar-refractivity contribution < 1.29 is 19.1 Å². The van der Waals surface area contributed by atoms with Gasteiger partial charge in [0.1, 0.15) is 11.3 Å². The fourth-order valence-corrected chi connectivity index (χ4v) is 1.50. The van der Waals surface area contributed by atoms with Crippen molar-refractivity contribution in [2.75, 3.05) is 26.0 Å². The second-order valence-corrected chi connectivity index (χ2v) is 4.70. The summed E-state index contributed by atoms with van der Waals surface area (Å²) >= 11 is 0. The van der Waals surface area contributed by atoms with Crippen LogP contribution in [0.1, 0.15) is 24.2 Å². The Kier molecular flexibility index (Phi) is 5.83. The molecule has 0 unspecified atom stereocenters. The number of methoxy groups -OCH3 is 1. The lowest BCUT2D eigenvalue weighted by atomic mass is 10.1. The Morgan fingerprint density at radius 2 is 2.05 bits per heavy atom. The molecule has 0 atom stereocenters. The highest BCUT2D eigenvalue weighted by atomic mass is 16.5. The van der Waals surface area contributed by atoms with Gasteiger partial charge >= 0.3 is 5.97 Å². The standard InChI is InChI=1S/C14H20N2O4/c1-9(2)7-16-12(17)8-20-11-6-4-5-10(15)13(11)14(18)19-3/h4-6,9H,7-8,15H2,1-3H3,(H,16,17). The van der Waals surface area contributed by atoms with E-state index in [2.05, 4.69) is 10.1 Å². The number of carbonyl (C=O) groups is 2. The van der Waals surface area contributed by atoms with E-state index in [1.54, 1.807) is 18.2 Å². The smallest absolute Gasteiger partial charge is 0.343 e. The van der Waals surface area contributed by atoms with Crippen molar-refractivity contribution in [2.24, 2.45) is 5.92 Å². The second-order valence-electron chi connectivity index (χ2n) is 4.70. The molecule has 0 fully saturated rings. The number of benzene rings is 1. The van der Waals surface area contributed by atoms with Crippen LogP contribution >= 0.6 is 0 Å².